The Bertz CT molecular complexity index is 1210. The van der Waals surface area contributed by atoms with Crippen molar-refractivity contribution in [2.45, 2.75) is 55.5 Å². The van der Waals surface area contributed by atoms with Gasteiger partial charge in [-0.3, -0.25) is 0 Å². The molecule has 0 unspecified atom stereocenters. The average Bonchev–Trinajstić information content (AvgIpc) is 3.18. The summed E-state index contributed by atoms with van der Waals surface area (Å²) in [5, 5.41) is 0.899. The molecule has 2 heterocycles. The Hall–Kier alpha value is -1.39. The molecule has 1 fully saturated rings. The molecule has 1 atom stereocenters. The van der Waals surface area contributed by atoms with Crippen molar-refractivity contribution in [3.8, 4) is 0 Å². The zero-order valence-electron chi connectivity index (χ0n) is 19.7. The molecule has 0 spiro atoms. The Morgan fingerprint density at radius 1 is 1.21 bits per heavy atom. The lowest BCUT2D eigenvalue weighted by Crippen LogP contribution is -2.39. The third-order valence-corrected chi connectivity index (χ3v) is 9.54. The van der Waals surface area contributed by atoms with Gasteiger partial charge in [0.25, 0.3) is 0 Å². The van der Waals surface area contributed by atoms with Gasteiger partial charge in [-0.1, -0.05) is 46.7 Å². The number of imidazole rings is 1. The van der Waals surface area contributed by atoms with Gasteiger partial charge in [0.1, 0.15) is 0 Å². The summed E-state index contributed by atoms with van der Waals surface area (Å²) < 4.78 is 37.0. The molecule has 34 heavy (non-hydrogen) atoms. The third-order valence-electron chi connectivity index (χ3n) is 6.10. The highest BCUT2D eigenvalue weighted by atomic mass is 79.9. The highest BCUT2D eigenvalue weighted by Crippen LogP contribution is 2.30. The Labute approximate surface area is 215 Å². The molecule has 3 aromatic rings. The zero-order valence-corrected chi connectivity index (χ0v) is 23.0. The average molecular weight is 567 g/mol. The Balaban J connectivity index is 1.62. The quantitative estimate of drug-likeness (QED) is 0.225. The number of fused-ring (bicyclic) bond motifs is 1. The maximum absolute atomic E-state index is 13.3. The van der Waals surface area contributed by atoms with E-state index < -0.39 is 10.0 Å². The summed E-state index contributed by atoms with van der Waals surface area (Å²) in [6.07, 6.45) is 2.86. The zero-order chi connectivity index (χ0) is 24.1. The molecule has 9 heteroatoms. The molecule has 2 aromatic carbocycles. The van der Waals surface area contributed by atoms with Crippen molar-refractivity contribution in [1.82, 2.24) is 13.9 Å². The van der Waals surface area contributed by atoms with E-state index in [9.17, 15) is 8.42 Å². The molecule has 1 aliphatic heterocycles. The van der Waals surface area contributed by atoms with Crippen molar-refractivity contribution in [3.63, 3.8) is 0 Å². The van der Waals surface area contributed by atoms with Crippen LogP contribution < -0.4 is 0 Å². The van der Waals surface area contributed by atoms with Gasteiger partial charge in [0, 0.05) is 43.1 Å². The number of benzene rings is 2. The van der Waals surface area contributed by atoms with Crippen LogP contribution in [0.3, 0.4) is 0 Å². The summed E-state index contributed by atoms with van der Waals surface area (Å²) in [5.74, 6) is 1.18. The Morgan fingerprint density at radius 2 is 2.00 bits per heavy atom. The van der Waals surface area contributed by atoms with Crippen molar-refractivity contribution in [1.29, 1.82) is 0 Å². The molecular formula is C25H32BrN3O3S2. The summed E-state index contributed by atoms with van der Waals surface area (Å²) in [7, 11) is -3.52. The minimum atomic E-state index is -3.52. The van der Waals surface area contributed by atoms with Crippen LogP contribution in [0.1, 0.15) is 38.7 Å². The fourth-order valence-corrected chi connectivity index (χ4v) is 7.17. The van der Waals surface area contributed by atoms with Crippen LogP contribution in [0, 0.1) is 5.92 Å². The fraction of sp³-hybridized carbons (Fsp3) is 0.480. The van der Waals surface area contributed by atoms with Gasteiger partial charge in [0.15, 0.2) is 5.16 Å². The molecule has 0 amide bonds. The summed E-state index contributed by atoms with van der Waals surface area (Å²) in [6.45, 7) is 7.44. The van der Waals surface area contributed by atoms with Crippen LogP contribution in [-0.2, 0) is 27.1 Å². The molecular weight excluding hydrogens is 534 g/mol. The molecule has 0 radical (unpaired) electrons. The first-order valence-corrected chi connectivity index (χ1v) is 15.1. The second-order valence-corrected chi connectivity index (χ2v) is 12.6. The van der Waals surface area contributed by atoms with E-state index in [1.54, 1.807) is 28.2 Å². The normalized spacial score (nSPS) is 17.4. The van der Waals surface area contributed by atoms with Crippen molar-refractivity contribution < 1.29 is 13.2 Å². The molecule has 1 aliphatic rings. The molecule has 1 aromatic heterocycles. The number of hydrogen-bond donors (Lipinski definition) is 0. The lowest BCUT2D eigenvalue weighted by molar-refractivity contribution is 0.141. The van der Waals surface area contributed by atoms with Gasteiger partial charge >= 0.3 is 0 Å². The predicted molar refractivity (Wildman–Crippen MR) is 142 cm³/mol. The standard InChI is InChI=1S/C25H32BrN3O3S2/c1-3-32-15-5-14-29-24-12-11-22(34(30,31)28-13-4-6-19(2)17-28)16-23(24)27-25(29)33-18-20-7-9-21(26)10-8-20/h7-12,16,19H,3-6,13-15,17-18H2,1-2H3/t19-/m0/s1. The molecule has 1 saturated heterocycles. The molecule has 184 valence electrons. The van der Waals surface area contributed by atoms with Gasteiger partial charge in [0.2, 0.25) is 10.0 Å². The number of aryl methyl sites for hydroxylation is 1. The van der Waals surface area contributed by atoms with Gasteiger partial charge < -0.3 is 9.30 Å². The summed E-state index contributed by atoms with van der Waals surface area (Å²) >= 11 is 5.16. The first-order chi connectivity index (χ1) is 16.4. The van der Waals surface area contributed by atoms with E-state index in [0.717, 1.165) is 52.2 Å². The number of aromatic nitrogens is 2. The van der Waals surface area contributed by atoms with Gasteiger partial charge in [-0.25, -0.2) is 13.4 Å². The van der Waals surface area contributed by atoms with Crippen LogP contribution in [0.25, 0.3) is 11.0 Å². The topological polar surface area (TPSA) is 64.4 Å². The van der Waals surface area contributed by atoms with Gasteiger partial charge in [-0.05, 0) is 68.0 Å². The van der Waals surface area contributed by atoms with E-state index in [1.807, 2.05) is 25.1 Å². The highest BCUT2D eigenvalue weighted by molar-refractivity contribution is 9.10. The highest BCUT2D eigenvalue weighted by Gasteiger charge is 2.29. The second-order valence-electron chi connectivity index (χ2n) is 8.77. The fourth-order valence-electron chi connectivity index (χ4n) is 4.29. The number of halogens is 1. The monoisotopic (exact) mass is 565 g/mol. The SMILES string of the molecule is CCOCCCn1c(SCc2ccc(Br)cc2)nc2cc(S(=O)(=O)N3CCC[C@H](C)C3)ccc21. The largest absolute Gasteiger partial charge is 0.382 e. The van der Waals surface area contributed by atoms with E-state index in [0.29, 0.717) is 37.1 Å². The van der Waals surface area contributed by atoms with Gasteiger partial charge in [-0.15, -0.1) is 0 Å². The van der Waals surface area contributed by atoms with E-state index in [1.165, 1.54) is 5.56 Å². The number of hydrogen-bond acceptors (Lipinski definition) is 5. The summed E-state index contributed by atoms with van der Waals surface area (Å²) in [4.78, 5) is 5.20. The number of sulfonamides is 1. The van der Waals surface area contributed by atoms with Crippen LogP contribution in [0.4, 0.5) is 0 Å². The van der Waals surface area contributed by atoms with E-state index in [-0.39, 0.29) is 0 Å². The summed E-state index contributed by atoms with van der Waals surface area (Å²) in [5.41, 5.74) is 2.89. The lowest BCUT2D eigenvalue weighted by Gasteiger charge is -2.30. The Morgan fingerprint density at radius 3 is 2.74 bits per heavy atom. The lowest BCUT2D eigenvalue weighted by atomic mass is 10.0. The number of piperidine rings is 1. The third kappa shape index (κ3) is 6.05. The first-order valence-electron chi connectivity index (χ1n) is 11.8. The molecule has 0 bridgehead atoms. The van der Waals surface area contributed by atoms with Crippen molar-refractivity contribution in [2.75, 3.05) is 26.3 Å². The number of ether oxygens (including phenoxy) is 1. The first kappa shape index (κ1) is 25.7. The number of nitrogens with zero attached hydrogens (tertiary/aromatic N) is 3. The second kappa shape index (κ2) is 11.6. The Kier molecular flexibility index (Phi) is 8.74. The van der Waals surface area contributed by atoms with Crippen molar-refractivity contribution >= 4 is 48.7 Å². The van der Waals surface area contributed by atoms with Gasteiger partial charge in [0.05, 0.1) is 15.9 Å². The molecule has 4 rings (SSSR count). The number of thioether (sulfide) groups is 1. The van der Waals surface area contributed by atoms with Crippen LogP contribution >= 0.6 is 27.7 Å². The predicted octanol–water partition coefficient (Wildman–Crippen LogP) is 5.94. The van der Waals surface area contributed by atoms with Crippen LogP contribution in [-0.4, -0.2) is 48.6 Å². The van der Waals surface area contributed by atoms with Gasteiger partial charge in [-0.2, -0.15) is 4.31 Å². The smallest absolute Gasteiger partial charge is 0.243 e. The maximum atomic E-state index is 13.3. The number of rotatable bonds is 10. The minimum Gasteiger partial charge on any atom is -0.382 e. The maximum Gasteiger partial charge on any atom is 0.243 e. The molecule has 0 N–H and O–H groups in total. The molecule has 0 aliphatic carbocycles. The van der Waals surface area contributed by atoms with Crippen LogP contribution in [0.5, 0.6) is 0 Å². The minimum absolute atomic E-state index is 0.331. The van der Waals surface area contributed by atoms with E-state index in [2.05, 4.69) is 39.6 Å². The van der Waals surface area contributed by atoms with E-state index >= 15 is 0 Å². The molecule has 0 saturated carbocycles. The summed E-state index contributed by atoms with van der Waals surface area (Å²) in [6, 6.07) is 13.7. The van der Waals surface area contributed by atoms with E-state index in [4.69, 9.17) is 9.72 Å². The van der Waals surface area contributed by atoms with Crippen LogP contribution in [0.15, 0.2) is 57.0 Å². The van der Waals surface area contributed by atoms with Crippen molar-refractivity contribution in [3.05, 3.63) is 52.5 Å². The van der Waals surface area contributed by atoms with Crippen molar-refractivity contribution in [2.24, 2.45) is 5.92 Å². The van der Waals surface area contributed by atoms with Crippen LogP contribution in [0.2, 0.25) is 0 Å². The molecule has 6 nitrogen and oxygen atoms in total.